The van der Waals surface area contributed by atoms with Gasteiger partial charge in [-0.25, -0.2) is 4.98 Å². The van der Waals surface area contributed by atoms with E-state index in [4.69, 9.17) is 20.6 Å². The molecule has 11 nitrogen and oxygen atoms in total. The van der Waals surface area contributed by atoms with E-state index in [1.54, 1.807) is 18.3 Å². The summed E-state index contributed by atoms with van der Waals surface area (Å²) >= 11 is 0. The lowest BCUT2D eigenvalue weighted by Gasteiger charge is -2.27. The average Bonchev–Trinajstić information content (AvgIpc) is 3.09. The average molecular weight is 651 g/mol. The van der Waals surface area contributed by atoms with E-state index < -0.39 is 17.9 Å². The summed E-state index contributed by atoms with van der Waals surface area (Å²) in [7, 11) is 0. The molecule has 0 fully saturated rings. The number of nitrogens with one attached hydrogen (secondary N) is 3. The molecule has 1 aliphatic heterocycles. The van der Waals surface area contributed by atoms with E-state index in [2.05, 4.69) is 26.9 Å². The molecule has 4 N–H and O–H groups in total. The van der Waals surface area contributed by atoms with Crippen molar-refractivity contribution < 1.29 is 33.7 Å². The van der Waals surface area contributed by atoms with Crippen LogP contribution in [0.25, 0.3) is 21.9 Å². The van der Waals surface area contributed by atoms with Crippen molar-refractivity contribution in [2.75, 3.05) is 38.3 Å². The second-order valence-electron chi connectivity index (χ2n) is 11.4. The topological polar surface area (TPSA) is 148 Å². The molecule has 0 radical (unpaired) electrons. The molecule has 2 amide bonds. The van der Waals surface area contributed by atoms with Gasteiger partial charge in [-0.2, -0.15) is 0 Å². The Bertz CT molecular complexity index is 1800. The minimum Gasteiger partial charge on any atom is -0.491 e. The van der Waals surface area contributed by atoms with E-state index in [-0.39, 0.29) is 37.9 Å². The molecule has 4 aromatic rings. The van der Waals surface area contributed by atoms with Crippen LogP contribution in [0.2, 0.25) is 0 Å². The van der Waals surface area contributed by atoms with Gasteiger partial charge in [-0.05, 0) is 53.1 Å². The first-order valence-electron chi connectivity index (χ1n) is 15.7. The Kier molecular flexibility index (Phi) is 11.5. The molecule has 2 atom stereocenters. The maximum absolute atomic E-state index is 12.8. The monoisotopic (exact) mass is 650 g/mol. The number of pyridine rings is 1. The van der Waals surface area contributed by atoms with Crippen molar-refractivity contribution >= 4 is 34.4 Å². The van der Waals surface area contributed by atoms with Crippen LogP contribution in [-0.2, 0) is 19.1 Å². The van der Waals surface area contributed by atoms with Crippen LogP contribution in [0.5, 0.6) is 11.5 Å². The van der Waals surface area contributed by atoms with Gasteiger partial charge in [0.05, 0.1) is 31.7 Å². The number of carbonyl (C=O) groups excluding carboxylic acids is 2. The highest BCUT2D eigenvalue weighted by Crippen LogP contribution is 2.35. The van der Waals surface area contributed by atoms with Crippen LogP contribution in [0.4, 0.5) is 5.82 Å². The summed E-state index contributed by atoms with van der Waals surface area (Å²) in [6, 6.07) is 20.2. The van der Waals surface area contributed by atoms with Gasteiger partial charge < -0.3 is 35.3 Å². The Labute approximate surface area is 279 Å². The predicted octanol–water partition coefficient (Wildman–Crippen LogP) is 4.64. The molecule has 2 heterocycles. The van der Waals surface area contributed by atoms with Crippen LogP contribution in [0.15, 0.2) is 72.9 Å². The highest BCUT2D eigenvalue weighted by molar-refractivity contribution is 6.00. The summed E-state index contributed by atoms with van der Waals surface area (Å²) in [5.41, 5.74) is 3.50. The third kappa shape index (κ3) is 8.80. The smallest absolute Gasteiger partial charge is 0.305 e. The molecule has 11 heteroatoms. The standard InChI is InChI=1S/C37H38N4O7/c1-3-18-46-19-20-47-32-14-13-28(29-6-4-5-7-30(29)32)25-8-10-26(11-9-25)31(21-35(44)45)41-34(43)22-39-33(42)15-12-27-23-48-36-24(2)16-17-38-37(36)40-27/h1,4-11,13-14,16-17,27,31H,12,15,18-23H2,2H3,(H,38,40)(H,39,42)(H,41,43)(H,44,45)/t27-,31-/m0/s1. The fourth-order valence-corrected chi connectivity index (χ4v) is 5.53. The minimum atomic E-state index is -1.06. The fraction of sp³-hybridized carbons (Fsp3) is 0.297. The number of carboxylic acid groups (broad SMARTS) is 1. The molecule has 3 aromatic carbocycles. The Morgan fingerprint density at radius 1 is 1.06 bits per heavy atom. The van der Waals surface area contributed by atoms with Gasteiger partial charge in [0.1, 0.15) is 25.6 Å². The van der Waals surface area contributed by atoms with Gasteiger partial charge in [-0.15, -0.1) is 6.42 Å². The molecular weight excluding hydrogens is 612 g/mol. The SMILES string of the molecule is C#CCOCCOc1ccc(-c2ccc([C@H](CC(=O)O)NC(=O)CNC(=O)CC[C@H]3COc4c(C)ccnc4N3)cc2)c2ccccc12. The number of amides is 2. The second-order valence-corrected chi connectivity index (χ2v) is 11.4. The lowest BCUT2D eigenvalue weighted by atomic mass is 9.95. The highest BCUT2D eigenvalue weighted by Gasteiger charge is 2.23. The number of fused-ring (bicyclic) bond motifs is 2. The number of ether oxygens (including phenoxy) is 3. The molecule has 0 aliphatic carbocycles. The number of hydrogen-bond donors (Lipinski definition) is 4. The predicted molar refractivity (Wildman–Crippen MR) is 182 cm³/mol. The molecule has 0 unspecified atom stereocenters. The molecular formula is C37H38N4O7. The normalized spacial score (nSPS) is 14.0. The van der Waals surface area contributed by atoms with Crippen molar-refractivity contribution in [3.63, 3.8) is 0 Å². The first-order valence-corrected chi connectivity index (χ1v) is 15.7. The van der Waals surface area contributed by atoms with Gasteiger partial charge in [-0.1, -0.05) is 60.5 Å². The molecule has 1 aliphatic rings. The maximum Gasteiger partial charge on any atom is 0.305 e. The third-order valence-corrected chi connectivity index (χ3v) is 7.93. The quantitative estimate of drug-likeness (QED) is 0.107. The van der Waals surface area contributed by atoms with Gasteiger partial charge in [0.15, 0.2) is 11.6 Å². The number of rotatable bonds is 15. The minimum absolute atomic E-state index is 0.0943. The molecule has 0 spiro atoms. The number of carboxylic acids is 1. The summed E-state index contributed by atoms with van der Waals surface area (Å²) in [6.07, 6.45) is 7.27. The molecule has 1 aromatic heterocycles. The molecule has 0 saturated carbocycles. The Balaban J connectivity index is 1.17. The van der Waals surface area contributed by atoms with E-state index in [0.29, 0.717) is 43.4 Å². The number of aryl methyl sites for hydroxylation is 1. The molecule has 248 valence electrons. The summed E-state index contributed by atoms with van der Waals surface area (Å²) in [5, 5.41) is 20.2. The van der Waals surface area contributed by atoms with Crippen LogP contribution in [0.3, 0.4) is 0 Å². The van der Waals surface area contributed by atoms with Crippen molar-refractivity contribution in [2.45, 2.75) is 38.3 Å². The lowest BCUT2D eigenvalue weighted by Crippen LogP contribution is -2.40. The van der Waals surface area contributed by atoms with E-state index in [1.807, 2.05) is 61.5 Å². The zero-order valence-corrected chi connectivity index (χ0v) is 26.7. The Morgan fingerprint density at radius 3 is 2.62 bits per heavy atom. The van der Waals surface area contributed by atoms with Crippen LogP contribution in [0, 0.1) is 19.3 Å². The van der Waals surface area contributed by atoms with Crippen molar-refractivity contribution in [2.24, 2.45) is 0 Å². The summed E-state index contributed by atoms with van der Waals surface area (Å²) in [5.74, 6) is 2.68. The highest BCUT2D eigenvalue weighted by atomic mass is 16.5. The molecule has 0 bridgehead atoms. The van der Waals surface area contributed by atoms with Gasteiger partial charge in [0.2, 0.25) is 11.8 Å². The largest absolute Gasteiger partial charge is 0.491 e. The number of aliphatic carboxylic acids is 1. The number of anilines is 1. The maximum atomic E-state index is 12.8. The molecule has 0 saturated heterocycles. The first kappa shape index (κ1) is 33.8. The third-order valence-electron chi connectivity index (χ3n) is 7.93. The van der Waals surface area contributed by atoms with Gasteiger partial charge in [0.25, 0.3) is 0 Å². The van der Waals surface area contributed by atoms with Crippen molar-refractivity contribution in [1.29, 1.82) is 0 Å². The lowest BCUT2D eigenvalue weighted by molar-refractivity contribution is -0.138. The number of benzene rings is 3. The Morgan fingerprint density at radius 2 is 1.85 bits per heavy atom. The van der Waals surface area contributed by atoms with E-state index in [0.717, 1.165) is 33.2 Å². The second kappa shape index (κ2) is 16.3. The number of terminal acetylenes is 1. The summed E-state index contributed by atoms with van der Waals surface area (Å²) in [4.78, 5) is 41.3. The van der Waals surface area contributed by atoms with Crippen molar-refractivity contribution in [3.8, 4) is 35.0 Å². The van der Waals surface area contributed by atoms with Crippen molar-refractivity contribution in [1.82, 2.24) is 15.6 Å². The van der Waals surface area contributed by atoms with E-state index in [1.165, 1.54) is 0 Å². The van der Waals surface area contributed by atoms with Crippen LogP contribution < -0.4 is 25.4 Å². The van der Waals surface area contributed by atoms with Gasteiger partial charge in [-0.3, -0.25) is 14.4 Å². The molecule has 48 heavy (non-hydrogen) atoms. The van der Waals surface area contributed by atoms with Crippen LogP contribution in [0.1, 0.15) is 36.4 Å². The van der Waals surface area contributed by atoms with E-state index >= 15 is 0 Å². The summed E-state index contributed by atoms with van der Waals surface area (Å²) in [6.45, 7) is 3.05. The fourth-order valence-electron chi connectivity index (χ4n) is 5.53. The van der Waals surface area contributed by atoms with Gasteiger partial charge in [0, 0.05) is 18.0 Å². The molecule has 5 rings (SSSR count). The first-order chi connectivity index (χ1) is 23.3. The zero-order chi connectivity index (χ0) is 33.9. The van der Waals surface area contributed by atoms with E-state index in [9.17, 15) is 19.5 Å². The number of aromatic nitrogens is 1. The number of hydrogen-bond acceptors (Lipinski definition) is 8. The Hall–Kier alpha value is -5.60. The van der Waals surface area contributed by atoms with Crippen LogP contribution in [-0.4, -0.2) is 66.9 Å². The van der Waals surface area contributed by atoms with Crippen molar-refractivity contribution in [3.05, 3.63) is 84.1 Å². The van der Waals surface area contributed by atoms with Gasteiger partial charge >= 0.3 is 5.97 Å². The summed E-state index contributed by atoms with van der Waals surface area (Å²) < 4.78 is 17.1. The van der Waals surface area contributed by atoms with Crippen LogP contribution >= 0.6 is 0 Å². The zero-order valence-electron chi connectivity index (χ0n) is 26.7. The number of carbonyl (C=O) groups is 3. The number of nitrogens with zero attached hydrogens (tertiary/aromatic N) is 1.